The summed E-state index contributed by atoms with van der Waals surface area (Å²) >= 11 is 1.63. The summed E-state index contributed by atoms with van der Waals surface area (Å²) in [6.07, 6.45) is 1.55. The molecule has 0 saturated carbocycles. The first-order valence-electron chi connectivity index (χ1n) is 10.1. The number of fused-ring (bicyclic) bond motifs is 1. The van der Waals surface area contributed by atoms with Gasteiger partial charge >= 0.3 is 0 Å². The van der Waals surface area contributed by atoms with Crippen LogP contribution in [-0.2, 0) is 4.79 Å². The number of hydrogen-bond acceptors (Lipinski definition) is 6. The smallest absolute Gasteiger partial charge is 0.298 e. The van der Waals surface area contributed by atoms with E-state index in [4.69, 9.17) is 4.42 Å². The molecule has 30 heavy (non-hydrogen) atoms. The number of nitrogens with zero attached hydrogens (tertiary/aromatic N) is 3. The molecule has 0 unspecified atom stereocenters. The van der Waals surface area contributed by atoms with Crippen molar-refractivity contribution in [1.29, 1.82) is 0 Å². The summed E-state index contributed by atoms with van der Waals surface area (Å²) in [5.74, 6) is 0.0506. The van der Waals surface area contributed by atoms with E-state index in [2.05, 4.69) is 20.2 Å². The molecule has 4 aromatic rings. The molecule has 6 nitrogen and oxygen atoms in total. The van der Waals surface area contributed by atoms with E-state index in [0.717, 1.165) is 59.0 Å². The molecule has 7 heteroatoms. The topological polar surface area (TPSA) is 71.3 Å². The average molecular weight is 419 g/mol. The highest BCUT2D eigenvalue weighted by molar-refractivity contribution is 7.09. The summed E-state index contributed by atoms with van der Waals surface area (Å²) in [7, 11) is 0. The Balaban J connectivity index is 1.22. The van der Waals surface area contributed by atoms with Gasteiger partial charge in [0.25, 0.3) is 6.01 Å². The Morgan fingerprint density at radius 3 is 2.73 bits per heavy atom. The van der Waals surface area contributed by atoms with Crippen LogP contribution in [0.25, 0.3) is 22.4 Å². The van der Waals surface area contributed by atoms with Crippen LogP contribution < -0.4 is 10.2 Å². The van der Waals surface area contributed by atoms with Gasteiger partial charge in [-0.15, -0.1) is 11.3 Å². The Morgan fingerprint density at radius 1 is 1.13 bits per heavy atom. The minimum absolute atomic E-state index is 0.0178. The minimum atomic E-state index is -0.0178. The predicted molar refractivity (Wildman–Crippen MR) is 120 cm³/mol. The number of piperidine rings is 1. The van der Waals surface area contributed by atoms with Gasteiger partial charge in [0.15, 0.2) is 5.58 Å². The van der Waals surface area contributed by atoms with Gasteiger partial charge in [-0.3, -0.25) is 4.79 Å². The van der Waals surface area contributed by atoms with Gasteiger partial charge in [-0.25, -0.2) is 4.98 Å². The van der Waals surface area contributed by atoms with Crippen molar-refractivity contribution in [3.05, 3.63) is 58.9 Å². The van der Waals surface area contributed by atoms with E-state index in [1.165, 1.54) is 0 Å². The van der Waals surface area contributed by atoms with Gasteiger partial charge in [-0.05, 0) is 44.0 Å². The monoisotopic (exact) mass is 418 g/mol. The van der Waals surface area contributed by atoms with E-state index in [-0.39, 0.29) is 11.8 Å². The maximum Gasteiger partial charge on any atom is 0.298 e. The zero-order valence-corrected chi connectivity index (χ0v) is 17.5. The Labute approximate surface area is 178 Å². The quantitative estimate of drug-likeness (QED) is 0.498. The lowest BCUT2D eigenvalue weighted by molar-refractivity contribution is -0.120. The number of amides is 1. The van der Waals surface area contributed by atoms with E-state index in [1.807, 2.05) is 60.8 Å². The second kappa shape index (κ2) is 7.91. The maximum absolute atomic E-state index is 12.8. The number of hydrogen-bond donors (Lipinski definition) is 1. The van der Waals surface area contributed by atoms with Crippen molar-refractivity contribution in [2.24, 2.45) is 5.92 Å². The van der Waals surface area contributed by atoms with Gasteiger partial charge in [0.05, 0.1) is 10.7 Å². The third-order valence-corrected chi connectivity index (χ3v) is 6.24. The summed E-state index contributed by atoms with van der Waals surface area (Å²) in [6.45, 7) is 3.50. The predicted octanol–water partition coefficient (Wildman–Crippen LogP) is 5.11. The molecule has 0 spiro atoms. The Hall–Kier alpha value is -3.19. The van der Waals surface area contributed by atoms with Crippen LogP contribution in [-0.4, -0.2) is 29.0 Å². The number of anilines is 2. The molecule has 1 fully saturated rings. The number of nitrogens with one attached hydrogen (secondary N) is 1. The standard InChI is InChI=1S/C23H22N4O2S/c1-15-24-20(14-30-15)17-5-4-6-18(13-17)25-22(28)16-9-11-27(12-10-16)23-26-19-7-2-3-8-21(19)29-23/h2-8,13-14,16H,9-12H2,1H3,(H,25,28). The number of carbonyl (C=O) groups excluding carboxylic acids is 1. The van der Waals surface area contributed by atoms with E-state index >= 15 is 0 Å². The largest absolute Gasteiger partial charge is 0.423 e. The number of thiazole rings is 1. The molecule has 2 aromatic heterocycles. The second-order valence-corrected chi connectivity index (χ2v) is 8.61. The molecule has 3 heterocycles. The number of benzene rings is 2. The number of aryl methyl sites for hydroxylation is 1. The summed E-state index contributed by atoms with van der Waals surface area (Å²) in [6, 6.07) is 16.3. The first-order chi connectivity index (χ1) is 14.7. The third-order valence-electron chi connectivity index (χ3n) is 5.46. The summed E-state index contributed by atoms with van der Waals surface area (Å²) in [5.41, 5.74) is 4.43. The molecule has 1 N–H and O–H groups in total. The van der Waals surface area contributed by atoms with Crippen molar-refractivity contribution in [3.8, 4) is 11.3 Å². The van der Waals surface area contributed by atoms with Crippen molar-refractivity contribution >= 4 is 40.0 Å². The zero-order valence-electron chi connectivity index (χ0n) is 16.7. The highest BCUT2D eigenvalue weighted by Gasteiger charge is 2.27. The van der Waals surface area contributed by atoms with Crippen LogP contribution in [0.15, 0.2) is 58.3 Å². The molecular weight excluding hydrogens is 396 g/mol. The number of carbonyl (C=O) groups is 1. The number of para-hydroxylation sites is 2. The molecule has 5 rings (SSSR count). The summed E-state index contributed by atoms with van der Waals surface area (Å²) in [4.78, 5) is 24.0. The Morgan fingerprint density at radius 2 is 1.97 bits per heavy atom. The van der Waals surface area contributed by atoms with Gasteiger partial charge in [0.1, 0.15) is 5.52 Å². The highest BCUT2D eigenvalue weighted by Crippen LogP contribution is 2.28. The van der Waals surface area contributed by atoms with Gasteiger partial charge in [-0.1, -0.05) is 24.3 Å². The molecule has 1 aliphatic rings. The number of rotatable bonds is 4. The highest BCUT2D eigenvalue weighted by atomic mass is 32.1. The minimum Gasteiger partial charge on any atom is -0.423 e. The van der Waals surface area contributed by atoms with Crippen LogP contribution in [0.2, 0.25) is 0 Å². The molecule has 0 bridgehead atoms. The molecular formula is C23H22N4O2S. The van der Waals surface area contributed by atoms with Crippen molar-refractivity contribution in [3.63, 3.8) is 0 Å². The van der Waals surface area contributed by atoms with Crippen molar-refractivity contribution in [2.75, 3.05) is 23.3 Å². The van der Waals surface area contributed by atoms with Crippen molar-refractivity contribution in [2.45, 2.75) is 19.8 Å². The maximum atomic E-state index is 12.8. The van der Waals surface area contributed by atoms with Crippen LogP contribution in [0.4, 0.5) is 11.7 Å². The van der Waals surface area contributed by atoms with Crippen LogP contribution in [0, 0.1) is 12.8 Å². The van der Waals surface area contributed by atoms with E-state index in [9.17, 15) is 4.79 Å². The molecule has 1 saturated heterocycles. The van der Waals surface area contributed by atoms with Gasteiger partial charge in [0, 0.05) is 35.6 Å². The molecule has 0 aliphatic carbocycles. The fourth-order valence-electron chi connectivity index (χ4n) is 3.82. The second-order valence-electron chi connectivity index (χ2n) is 7.55. The fraction of sp³-hybridized carbons (Fsp3) is 0.261. The summed E-state index contributed by atoms with van der Waals surface area (Å²) in [5, 5.41) is 6.16. The molecule has 0 atom stereocenters. The van der Waals surface area contributed by atoms with E-state index in [0.29, 0.717) is 6.01 Å². The first-order valence-corrected chi connectivity index (χ1v) is 11.0. The molecule has 1 amide bonds. The normalized spacial score (nSPS) is 14.9. The zero-order chi connectivity index (χ0) is 20.5. The van der Waals surface area contributed by atoms with Crippen LogP contribution in [0.5, 0.6) is 0 Å². The van der Waals surface area contributed by atoms with Gasteiger partial charge in [-0.2, -0.15) is 4.98 Å². The lowest BCUT2D eigenvalue weighted by Gasteiger charge is -2.30. The summed E-state index contributed by atoms with van der Waals surface area (Å²) < 4.78 is 5.86. The molecule has 0 radical (unpaired) electrons. The molecule has 152 valence electrons. The van der Waals surface area contributed by atoms with E-state index < -0.39 is 0 Å². The van der Waals surface area contributed by atoms with E-state index in [1.54, 1.807) is 11.3 Å². The first kappa shape index (κ1) is 18.8. The number of oxazole rings is 1. The average Bonchev–Trinajstić information content (AvgIpc) is 3.40. The van der Waals surface area contributed by atoms with Crippen LogP contribution in [0.1, 0.15) is 17.8 Å². The molecule has 1 aliphatic heterocycles. The lowest BCUT2D eigenvalue weighted by atomic mass is 9.96. The van der Waals surface area contributed by atoms with Crippen LogP contribution >= 0.6 is 11.3 Å². The SMILES string of the molecule is Cc1nc(-c2cccc(NC(=O)C3CCN(c4nc5ccccc5o4)CC3)c2)cs1. The van der Waals surface area contributed by atoms with Crippen molar-refractivity contribution < 1.29 is 9.21 Å². The number of aromatic nitrogens is 2. The third kappa shape index (κ3) is 3.80. The molecule has 2 aromatic carbocycles. The van der Waals surface area contributed by atoms with Gasteiger partial charge in [0.2, 0.25) is 5.91 Å². The van der Waals surface area contributed by atoms with Gasteiger partial charge < -0.3 is 14.6 Å². The Kier molecular flexibility index (Phi) is 4.96. The van der Waals surface area contributed by atoms with Crippen LogP contribution in [0.3, 0.4) is 0 Å². The lowest BCUT2D eigenvalue weighted by Crippen LogP contribution is -2.38. The van der Waals surface area contributed by atoms with Crippen molar-refractivity contribution in [1.82, 2.24) is 9.97 Å². The fourth-order valence-corrected chi connectivity index (χ4v) is 4.45. The Bertz CT molecular complexity index is 1160.